The molecule has 0 saturated carbocycles. The number of fused-ring (bicyclic) bond motifs is 6. The minimum Gasteiger partial charge on any atom is -0.507 e. The Morgan fingerprint density at radius 1 is 0.538 bits per heavy atom. The van der Waals surface area contributed by atoms with E-state index in [2.05, 4.69) is 81.9 Å². The highest BCUT2D eigenvalue weighted by Gasteiger charge is 2.17. The summed E-state index contributed by atoms with van der Waals surface area (Å²) >= 11 is 0. The zero-order chi connectivity index (χ0) is 25.9. The zero-order valence-corrected chi connectivity index (χ0v) is 20.9. The Kier molecular flexibility index (Phi) is 4.60. The smallest absolute Gasteiger partial charge is 0.145 e. The topological polar surface area (TPSA) is 55.9 Å². The average Bonchev–Trinajstić information content (AvgIpc) is 3.50. The number of benzene rings is 4. The van der Waals surface area contributed by atoms with Crippen molar-refractivity contribution in [2.75, 3.05) is 0 Å². The van der Waals surface area contributed by atoms with E-state index >= 15 is 0 Å². The number of phenols is 1. The first-order valence-electron chi connectivity index (χ1n) is 12.9. The summed E-state index contributed by atoms with van der Waals surface area (Å²) in [4.78, 5) is 9.79. The number of nitrogens with zero attached hydrogens (tertiary/aromatic N) is 4. The molecule has 0 aliphatic rings. The van der Waals surface area contributed by atoms with Crippen LogP contribution in [0.2, 0.25) is 0 Å². The van der Waals surface area contributed by atoms with Crippen LogP contribution in [0.1, 0.15) is 0 Å². The number of hydrogen-bond donors (Lipinski definition) is 1. The summed E-state index contributed by atoms with van der Waals surface area (Å²) in [7, 11) is 0. The Morgan fingerprint density at radius 3 is 2.08 bits per heavy atom. The number of aromatic nitrogens is 4. The summed E-state index contributed by atoms with van der Waals surface area (Å²) in [5.74, 6) is 1.00. The molecule has 0 fully saturated rings. The molecule has 4 aromatic heterocycles. The Morgan fingerprint density at radius 2 is 1.23 bits per heavy atom. The summed E-state index contributed by atoms with van der Waals surface area (Å²) in [6.45, 7) is 0. The average molecular weight is 503 g/mol. The second-order valence-corrected chi connectivity index (χ2v) is 9.68. The molecule has 184 valence electrons. The van der Waals surface area contributed by atoms with Crippen molar-refractivity contribution >= 4 is 43.7 Å². The molecule has 5 heteroatoms. The van der Waals surface area contributed by atoms with E-state index in [-0.39, 0.29) is 5.75 Å². The van der Waals surface area contributed by atoms with Gasteiger partial charge in [-0.3, -0.25) is 9.13 Å². The van der Waals surface area contributed by atoms with Crippen LogP contribution in [-0.4, -0.2) is 24.2 Å². The van der Waals surface area contributed by atoms with Crippen LogP contribution in [-0.2, 0) is 0 Å². The number of pyridine rings is 2. The highest BCUT2D eigenvalue weighted by Crippen LogP contribution is 2.36. The van der Waals surface area contributed by atoms with Gasteiger partial charge in [0.05, 0.1) is 22.2 Å². The maximum atomic E-state index is 10.5. The summed E-state index contributed by atoms with van der Waals surface area (Å²) in [6.07, 6.45) is 1.85. The van der Waals surface area contributed by atoms with E-state index in [9.17, 15) is 5.11 Å². The van der Waals surface area contributed by atoms with Crippen LogP contribution in [0.3, 0.4) is 0 Å². The van der Waals surface area contributed by atoms with Gasteiger partial charge in [-0.1, -0.05) is 60.7 Å². The van der Waals surface area contributed by atoms with Gasteiger partial charge in [0.15, 0.2) is 0 Å². The first-order valence-corrected chi connectivity index (χ1v) is 12.9. The first-order chi connectivity index (χ1) is 19.3. The minimum absolute atomic E-state index is 0.213. The van der Waals surface area contributed by atoms with Crippen molar-refractivity contribution in [3.63, 3.8) is 0 Å². The van der Waals surface area contributed by atoms with Crippen LogP contribution >= 0.6 is 0 Å². The molecule has 0 radical (unpaired) electrons. The van der Waals surface area contributed by atoms with Crippen molar-refractivity contribution < 1.29 is 5.11 Å². The fourth-order valence-corrected chi connectivity index (χ4v) is 5.79. The predicted molar refractivity (Wildman–Crippen MR) is 158 cm³/mol. The van der Waals surface area contributed by atoms with Gasteiger partial charge in [0, 0.05) is 39.0 Å². The molecule has 0 amide bonds. The molecule has 0 spiro atoms. The Hall–Kier alpha value is -5.42. The largest absolute Gasteiger partial charge is 0.507 e. The van der Waals surface area contributed by atoms with Gasteiger partial charge in [-0.2, -0.15) is 0 Å². The molecule has 4 heterocycles. The van der Waals surface area contributed by atoms with Crippen molar-refractivity contribution in [1.29, 1.82) is 0 Å². The molecule has 5 nitrogen and oxygen atoms in total. The van der Waals surface area contributed by atoms with Crippen LogP contribution in [0.15, 0.2) is 128 Å². The van der Waals surface area contributed by atoms with Crippen molar-refractivity contribution in [3.8, 4) is 28.5 Å². The van der Waals surface area contributed by atoms with Gasteiger partial charge in [0.2, 0.25) is 0 Å². The van der Waals surface area contributed by atoms with Gasteiger partial charge in [-0.15, -0.1) is 0 Å². The van der Waals surface area contributed by atoms with Crippen molar-refractivity contribution in [1.82, 2.24) is 19.1 Å². The number of phenolic OH excluding ortho intramolecular Hbond substituents is 1. The first kappa shape index (κ1) is 21.6. The van der Waals surface area contributed by atoms with Gasteiger partial charge in [0.25, 0.3) is 0 Å². The Balaban J connectivity index is 1.43. The molecule has 0 saturated heterocycles. The Bertz CT molecular complexity index is 2150. The van der Waals surface area contributed by atoms with E-state index < -0.39 is 0 Å². The quantitative estimate of drug-likeness (QED) is 0.266. The molecule has 8 rings (SSSR count). The number of aromatic hydroxyl groups is 1. The van der Waals surface area contributed by atoms with Crippen LogP contribution in [0.4, 0.5) is 0 Å². The molecule has 8 aromatic rings. The van der Waals surface area contributed by atoms with E-state index in [4.69, 9.17) is 9.97 Å². The van der Waals surface area contributed by atoms with E-state index in [0.29, 0.717) is 5.56 Å². The monoisotopic (exact) mass is 502 g/mol. The summed E-state index contributed by atoms with van der Waals surface area (Å²) < 4.78 is 4.44. The lowest BCUT2D eigenvalue weighted by atomic mass is 10.1. The third kappa shape index (κ3) is 3.20. The standard InChI is InChI=1S/C34H22N4O/c39-32-16-6-3-11-27(32)28-13-7-17-33(36-28)38-30-15-5-1-9-23(30)25-19-18-22(21-31(25)38)37-29-14-4-2-10-24(29)26-12-8-20-35-34(26)37/h1-21,39H. The van der Waals surface area contributed by atoms with Gasteiger partial charge >= 0.3 is 0 Å². The number of rotatable bonds is 3. The van der Waals surface area contributed by atoms with Crippen molar-refractivity contribution in [2.45, 2.75) is 0 Å². The maximum Gasteiger partial charge on any atom is 0.145 e. The Labute approximate surface area is 223 Å². The lowest BCUT2D eigenvalue weighted by Gasteiger charge is -2.11. The molecule has 0 atom stereocenters. The fraction of sp³-hybridized carbons (Fsp3) is 0. The van der Waals surface area contributed by atoms with Gasteiger partial charge in [0.1, 0.15) is 17.2 Å². The number of hydrogen-bond acceptors (Lipinski definition) is 3. The van der Waals surface area contributed by atoms with Crippen LogP contribution in [0, 0.1) is 0 Å². The van der Waals surface area contributed by atoms with E-state index in [1.54, 1.807) is 6.07 Å². The third-order valence-corrected chi connectivity index (χ3v) is 7.49. The summed E-state index contributed by atoms with van der Waals surface area (Å²) in [5.41, 5.74) is 6.64. The van der Waals surface area contributed by atoms with Gasteiger partial charge in [-0.05, 0) is 60.7 Å². The SMILES string of the molecule is Oc1ccccc1-c1cccc(-n2c3ccccc3c3ccc(-n4c5ccccc5c5cccnc54)cc32)n1. The van der Waals surface area contributed by atoms with Crippen molar-refractivity contribution in [3.05, 3.63) is 128 Å². The molecule has 0 aliphatic carbocycles. The summed E-state index contributed by atoms with van der Waals surface area (Å²) in [6, 6.07) is 40.8. The molecule has 4 aromatic carbocycles. The fourth-order valence-electron chi connectivity index (χ4n) is 5.79. The zero-order valence-electron chi connectivity index (χ0n) is 20.9. The minimum atomic E-state index is 0.213. The number of para-hydroxylation sites is 3. The molecule has 0 unspecified atom stereocenters. The highest BCUT2D eigenvalue weighted by atomic mass is 16.3. The van der Waals surface area contributed by atoms with Gasteiger partial charge < -0.3 is 5.11 Å². The molecule has 0 bridgehead atoms. The van der Waals surface area contributed by atoms with Crippen LogP contribution in [0.25, 0.3) is 66.5 Å². The van der Waals surface area contributed by atoms with E-state index in [0.717, 1.165) is 55.6 Å². The molecule has 39 heavy (non-hydrogen) atoms. The lowest BCUT2D eigenvalue weighted by molar-refractivity contribution is 0.477. The van der Waals surface area contributed by atoms with Crippen molar-refractivity contribution in [2.24, 2.45) is 0 Å². The predicted octanol–water partition coefficient (Wildman–Crippen LogP) is 8.04. The normalized spacial score (nSPS) is 11.7. The van der Waals surface area contributed by atoms with Gasteiger partial charge in [-0.25, -0.2) is 9.97 Å². The van der Waals surface area contributed by atoms with Crippen LogP contribution < -0.4 is 0 Å². The summed E-state index contributed by atoms with van der Waals surface area (Å²) in [5, 5.41) is 15.1. The van der Waals surface area contributed by atoms with E-state index in [1.807, 2.05) is 48.7 Å². The third-order valence-electron chi connectivity index (χ3n) is 7.49. The van der Waals surface area contributed by atoms with Crippen LogP contribution in [0.5, 0.6) is 5.75 Å². The maximum absolute atomic E-state index is 10.5. The second kappa shape index (κ2) is 8.30. The molecule has 0 aliphatic heterocycles. The molecular weight excluding hydrogens is 480 g/mol. The van der Waals surface area contributed by atoms with E-state index in [1.165, 1.54) is 5.39 Å². The lowest BCUT2D eigenvalue weighted by Crippen LogP contribution is -2.00. The highest BCUT2D eigenvalue weighted by molar-refractivity contribution is 6.11. The molecule has 1 N–H and O–H groups in total. The second-order valence-electron chi connectivity index (χ2n) is 9.68. The molecular formula is C34H22N4O.